The maximum Gasteiger partial charge on any atom is 0.0538 e. The van der Waals surface area contributed by atoms with E-state index < -0.39 is 0 Å². The molecule has 0 aromatic heterocycles. The van der Waals surface area contributed by atoms with Gasteiger partial charge in [0.05, 0.1) is 6.04 Å². The number of hydrogen-bond donors (Lipinski definition) is 0. The van der Waals surface area contributed by atoms with E-state index in [-0.39, 0.29) is 0 Å². The summed E-state index contributed by atoms with van der Waals surface area (Å²) in [5, 5.41) is 0. The number of benzene rings is 1. The van der Waals surface area contributed by atoms with Crippen LogP contribution in [-0.4, -0.2) is 18.5 Å². The van der Waals surface area contributed by atoms with Crippen molar-refractivity contribution in [2.45, 2.75) is 32.2 Å². The maximum absolute atomic E-state index is 2.46. The molecule has 86 valence electrons. The summed E-state index contributed by atoms with van der Waals surface area (Å²) in [6, 6.07) is 9.19. The van der Waals surface area contributed by atoms with Crippen LogP contribution in [0.5, 0.6) is 0 Å². The Hall–Kier alpha value is -1.08. The van der Waals surface area contributed by atoms with Crippen LogP contribution in [0.15, 0.2) is 30.3 Å². The Morgan fingerprint density at radius 3 is 2.81 bits per heavy atom. The molecule has 1 aliphatic carbocycles. The van der Waals surface area contributed by atoms with Crippen LogP contribution in [0.25, 0.3) is 6.08 Å². The zero-order chi connectivity index (χ0) is 11.4. The molecule has 1 atom stereocenters. The first-order valence-electron chi connectivity index (χ1n) is 6.30. The van der Waals surface area contributed by atoms with E-state index >= 15 is 0 Å². The first kappa shape index (κ1) is 11.4. The van der Waals surface area contributed by atoms with E-state index in [9.17, 15) is 0 Å². The van der Waals surface area contributed by atoms with Gasteiger partial charge < -0.3 is 0 Å². The molecule has 0 saturated carbocycles. The fraction of sp³-hybridized carbons (Fsp3) is 0.467. The van der Waals surface area contributed by atoms with E-state index in [1.807, 2.05) is 0 Å². The summed E-state index contributed by atoms with van der Waals surface area (Å²) in [6.07, 6.45) is 8.50. The number of likely N-dealkylation sites (N-methyl/N-ethyl adjacent to an activating group) is 1. The van der Waals surface area contributed by atoms with Gasteiger partial charge in [-0.05, 0) is 31.1 Å². The summed E-state index contributed by atoms with van der Waals surface area (Å²) in [5.74, 6) is 0. The summed E-state index contributed by atoms with van der Waals surface area (Å²) >= 11 is 0. The van der Waals surface area contributed by atoms with Gasteiger partial charge >= 0.3 is 0 Å². The van der Waals surface area contributed by atoms with Gasteiger partial charge in [-0.25, -0.2) is 0 Å². The van der Waals surface area contributed by atoms with E-state index in [2.05, 4.69) is 55.3 Å². The summed E-state index contributed by atoms with van der Waals surface area (Å²) in [5.41, 5.74) is 2.84. The van der Waals surface area contributed by atoms with Crippen LogP contribution in [-0.2, 0) is 0 Å². The SMILES string of the molecule is CCCCCN(C)C1C=Cc2ccccc21. The number of unbranched alkanes of at least 4 members (excludes halogenated alkanes) is 2. The van der Waals surface area contributed by atoms with Crippen LogP contribution in [0.2, 0.25) is 0 Å². The molecule has 0 heterocycles. The fourth-order valence-electron chi connectivity index (χ4n) is 2.37. The van der Waals surface area contributed by atoms with Crippen LogP contribution < -0.4 is 0 Å². The first-order chi connectivity index (χ1) is 7.83. The second-order valence-electron chi connectivity index (χ2n) is 4.62. The number of hydrogen-bond acceptors (Lipinski definition) is 1. The van der Waals surface area contributed by atoms with Crippen LogP contribution in [0, 0.1) is 0 Å². The molecule has 1 nitrogen and oxygen atoms in total. The number of fused-ring (bicyclic) bond motifs is 1. The fourth-order valence-corrected chi connectivity index (χ4v) is 2.37. The highest BCUT2D eigenvalue weighted by molar-refractivity contribution is 5.61. The monoisotopic (exact) mass is 215 g/mol. The highest BCUT2D eigenvalue weighted by Crippen LogP contribution is 2.31. The van der Waals surface area contributed by atoms with Gasteiger partial charge in [0.1, 0.15) is 0 Å². The van der Waals surface area contributed by atoms with Crippen molar-refractivity contribution in [3.8, 4) is 0 Å². The van der Waals surface area contributed by atoms with Crippen molar-refractivity contribution in [3.05, 3.63) is 41.5 Å². The van der Waals surface area contributed by atoms with Crippen LogP contribution >= 0.6 is 0 Å². The molecule has 0 saturated heterocycles. The van der Waals surface area contributed by atoms with Gasteiger partial charge in [0.25, 0.3) is 0 Å². The average Bonchev–Trinajstić information content (AvgIpc) is 2.73. The predicted molar refractivity (Wildman–Crippen MR) is 70.4 cm³/mol. The molecule has 1 heteroatoms. The summed E-state index contributed by atoms with van der Waals surface area (Å²) in [4.78, 5) is 2.46. The summed E-state index contributed by atoms with van der Waals surface area (Å²) in [7, 11) is 2.23. The second kappa shape index (κ2) is 5.31. The maximum atomic E-state index is 2.46. The molecule has 1 aromatic carbocycles. The van der Waals surface area contributed by atoms with Gasteiger partial charge in [0.2, 0.25) is 0 Å². The topological polar surface area (TPSA) is 3.24 Å². The molecule has 0 aliphatic heterocycles. The standard InChI is InChI=1S/C15H21N/c1-3-4-7-12-16(2)15-11-10-13-8-5-6-9-14(13)15/h5-6,8-11,15H,3-4,7,12H2,1-2H3. The lowest BCUT2D eigenvalue weighted by Crippen LogP contribution is -2.23. The van der Waals surface area contributed by atoms with Crippen molar-refractivity contribution in [3.63, 3.8) is 0 Å². The molecule has 0 N–H and O–H groups in total. The van der Waals surface area contributed by atoms with Gasteiger partial charge in [-0.1, -0.05) is 56.2 Å². The smallest absolute Gasteiger partial charge is 0.0538 e. The Bertz CT molecular complexity index is 367. The molecule has 0 amide bonds. The van der Waals surface area contributed by atoms with E-state index in [1.54, 1.807) is 0 Å². The van der Waals surface area contributed by atoms with E-state index in [0.717, 1.165) is 0 Å². The van der Waals surface area contributed by atoms with Crippen LogP contribution in [0.3, 0.4) is 0 Å². The Labute approximate surface area is 98.8 Å². The number of rotatable bonds is 5. The Morgan fingerprint density at radius 2 is 2.00 bits per heavy atom. The molecule has 1 aliphatic rings. The van der Waals surface area contributed by atoms with Crippen molar-refractivity contribution in [2.24, 2.45) is 0 Å². The molecule has 2 rings (SSSR count). The Kier molecular flexibility index (Phi) is 3.79. The highest BCUT2D eigenvalue weighted by Gasteiger charge is 2.19. The third kappa shape index (κ3) is 2.35. The van der Waals surface area contributed by atoms with Crippen molar-refractivity contribution in [2.75, 3.05) is 13.6 Å². The largest absolute Gasteiger partial charge is 0.296 e. The number of nitrogens with zero attached hydrogens (tertiary/aromatic N) is 1. The molecular weight excluding hydrogens is 194 g/mol. The normalized spacial score (nSPS) is 18.1. The minimum Gasteiger partial charge on any atom is -0.296 e. The lowest BCUT2D eigenvalue weighted by molar-refractivity contribution is 0.282. The molecule has 0 spiro atoms. The summed E-state index contributed by atoms with van der Waals surface area (Å²) in [6.45, 7) is 3.45. The van der Waals surface area contributed by atoms with E-state index in [0.29, 0.717) is 6.04 Å². The lowest BCUT2D eigenvalue weighted by atomic mass is 10.1. The quantitative estimate of drug-likeness (QED) is 0.674. The van der Waals surface area contributed by atoms with Crippen molar-refractivity contribution in [1.29, 1.82) is 0 Å². The molecule has 0 fully saturated rings. The second-order valence-corrected chi connectivity index (χ2v) is 4.62. The Morgan fingerprint density at radius 1 is 1.19 bits per heavy atom. The van der Waals surface area contributed by atoms with Gasteiger partial charge in [0.15, 0.2) is 0 Å². The third-order valence-electron chi connectivity index (χ3n) is 3.36. The van der Waals surface area contributed by atoms with Gasteiger partial charge in [0, 0.05) is 0 Å². The predicted octanol–water partition coefficient (Wildman–Crippen LogP) is 3.88. The van der Waals surface area contributed by atoms with E-state index in [4.69, 9.17) is 0 Å². The molecule has 0 bridgehead atoms. The first-order valence-corrected chi connectivity index (χ1v) is 6.30. The molecular formula is C15H21N. The van der Waals surface area contributed by atoms with Gasteiger partial charge in [-0.2, -0.15) is 0 Å². The van der Waals surface area contributed by atoms with Crippen molar-refractivity contribution >= 4 is 6.08 Å². The highest BCUT2D eigenvalue weighted by atomic mass is 15.1. The molecule has 1 aromatic rings. The molecule has 1 unspecified atom stereocenters. The summed E-state index contributed by atoms with van der Waals surface area (Å²) < 4.78 is 0. The molecule has 16 heavy (non-hydrogen) atoms. The van der Waals surface area contributed by atoms with Gasteiger partial charge in [-0.3, -0.25) is 4.90 Å². The lowest BCUT2D eigenvalue weighted by Gasteiger charge is -2.24. The Balaban J connectivity index is 1.99. The third-order valence-corrected chi connectivity index (χ3v) is 3.36. The zero-order valence-corrected chi connectivity index (χ0v) is 10.3. The minimum absolute atomic E-state index is 0.494. The van der Waals surface area contributed by atoms with Crippen LogP contribution in [0.1, 0.15) is 43.4 Å². The zero-order valence-electron chi connectivity index (χ0n) is 10.3. The van der Waals surface area contributed by atoms with Crippen molar-refractivity contribution < 1.29 is 0 Å². The van der Waals surface area contributed by atoms with Crippen molar-refractivity contribution in [1.82, 2.24) is 4.90 Å². The molecule has 0 radical (unpaired) electrons. The van der Waals surface area contributed by atoms with E-state index in [1.165, 1.54) is 36.9 Å². The average molecular weight is 215 g/mol. The minimum atomic E-state index is 0.494. The van der Waals surface area contributed by atoms with Crippen LogP contribution in [0.4, 0.5) is 0 Å². The van der Waals surface area contributed by atoms with Gasteiger partial charge in [-0.15, -0.1) is 0 Å².